The molecule has 4 heteroatoms. The molecule has 0 saturated heterocycles. The lowest BCUT2D eigenvalue weighted by Gasteiger charge is -2.07. The van der Waals surface area contributed by atoms with Crippen molar-refractivity contribution in [2.75, 3.05) is 5.32 Å². The van der Waals surface area contributed by atoms with E-state index >= 15 is 0 Å². The van der Waals surface area contributed by atoms with Crippen molar-refractivity contribution in [3.63, 3.8) is 0 Å². The summed E-state index contributed by atoms with van der Waals surface area (Å²) in [7, 11) is 0. The lowest BCUT2D eigenvalue weighted by molar-refractivity contribution is 1.20. The number of benzene rings is 2. The van der Waals surface area contributed by atoms with E-state index < -0.39 is 0 Å². The first-order valence-electron chi connectivity index (χ1n) is 6.23. The molecule has 0 fully saturated rings. The summed E-state index contributed by atoms with van der Waals surface area (Å²) >= 11 is 0. The van der Waals surface area contributed by atoms with E-state index in [1.807, 2.05) is 37.3 Å². The van der Waals surface area contributed by atoms with Gasteiger partial charge in [-0.15, -0.1) is 0 Å². The van der Waals surface area contributed by atoms with E-state index in [4.69, 9.17) is 6.57 Å². The van der Waals surface area contributed by atoms with Crippen molar-refractivity contribution in [2.45, 2.75) is 6.92 Å². The van der Waals surface area contributed by atoms with Crippen molar-refractivity contribution >= 4 is 28.2 Å². The summed E-state index contributed by atoms with van der Waals surface area (Å²) in [5, 5.41) is 4.15. The molecule has 0 bridgehead atoms. The second-order valence-corrected chi connectivity index (χ2v) is 4.49. The molecule has 0 unspecified atom stereocenters. The molecule has 1 aromatic heterocycles. The third-order valence-corrected chi connectivity index (χ3v) is 3.04. The second kappa shape index (κ2) is 4.98. The zero-order chi connectivity index (χ0) is 13.9. The standard InChI is InChI=1S/C16H12N4/c1-11-5-3-6-12-10-18-16(20-15(11)12)19-14-8-4-7-13(9-14)17-2/h3-10H,1H3,(H,18,19,20). The largest absolute Gasteiger partial charge is 0.325 e. The van der Waals surface area contributed by atoms with Gasteiger partial charge >= 0.3 is 0 Å². The van der Waals surface area contributed by atoms with Gasteiger partial charge in [0.1, 0.15) is 0 Å². The number of hydrogen-bond donors (Lipinski definition) is 1. The van der Waals surface area contributed by atoms with Gasteiger partial charge in [-0.3, -0.25) is 0 Å². The fourth-order valence-corrected chi connectivity index (χ4v) is 2.05. The first kappa shape index (κ1) is 12.1. The molecule has 0 atom stereocenters. The molecule has 0 saturated carbocycles. The third kappa shape index (κ3) is 2.29. The summed E-state index contributed by atoms with van der Waals surface area (Å²) in [5.41, 5.74) is 3.45. The molecule has 2 aromatic carbocycles. The summed E-state index contributed by atoms with van der Waals surface area (Å²) in [6.45, 7) is 9.05. The highest BCUT2D eigenvalue weighted by Gasteiger charge is 2.03. The Labute approximate surface area is 116 Å². The van der Waals surface area contributed by atoms with Crippen molar-refractivity contribution < 1.29 is 0 Å². The number of rotatable bonds is 2. The number of anilines is 2. The Morgan fingerprint density at radius 1 is 1.15 bits per heavy atom. The van der Waals surface area contributed by atoms with Gasteiger partial charge in [-0.25, -0.2) is 14.8 Å². The van der Waals surface area contributed by atoms with E-state index in [2.05, 4.69) is 20.1 Å². The fraction of sp³-hybridized carbons (Fsp3) is 0.0625. The highest BCUT2D eigenvalue weighted by molar-refractivity contribution is 5.82. The Morgan fingerprint density at radius 2 is 2.00 bits per heavy atom. The molecule has 1 N–H and O–H groups in total. The normalized spacial score (nSPS) is 10.2. The van der Waals surface area contributed by atoms with E-state index in [1.54, 1.807) is 18.3 Å². The van der Waals surface area contributed by atoms with Crippen LogP contribution >= 0.6 is 0 Å². The Balaban J connectivity index is 1.98. The number of nitrogens with one attached hydrogen (secondary N) is 1. The number of nitrogens with zero attached hydrogens (tertiary/aromatic N) is 3. The van der Waals surface area contributed by atoms with Crippen molar-refractivity contribution in [1.82, 2.24) is 9.97 Å². The zero-order valence-corrected chi connectivity index (χ0v) is 11.0. The van der Waals surface area contributed by atoms with Crippen LogP contribution in [0.2, 0.25) is 0 Å². The maximum atomic E-state index is 7.02. The Kier molecular flexibility index (Phi) is 3.02. The molecule has 3 rings (SSSR count). The predicted octanol–water partition coefficient (Wildman–Crippen LogP) is 4.23. The number of aryl methyl sites for hydroxylation is 1. The van der Waals surface area contributed by atoms with Crippen LogP contribution in [0, 0.1) is 13.5 Å². The highest BCUT2D eigenvalue weighted by Crippen LogP contribution is 2.22. The maximum Gasteiger partial charge on any atom is 0.227 e. The number of hydrogen-bond acceptors (Lipinski definition) is 3. The van der Waals surface area contributed by atoms with Crippen LogP contribution < -0.4 is 5.32 Å². The molecule has 96 valence electrons. The quantitative estimate of drug-likeness (QED) is 0.701. The van der Waals surface area contributed by atoms with Gasteiger partial charge in [-0.1, -0.05) is 30.3 Å². The van der Waals surface area contributed by atoms with Gasteiger partial charge in [0.2, 0.25) is 5.95 Å². The summed E-state index contributed by atoms with van der Waals surface area (Å²) in [6.07, 6.45) is 1.80. The predicted molar refractivity (Wildman–Crippen MR) is 80.3 cm³/mol. The second-order valence-electron chi connectivity index (χ2n) is 4.49. The van der Waals surface area contributed by atoms with Gasteiger partial charge < -0.3 is 5.32 Å². The molecule has 4 nitrogen and oxygen atoms in total. The van der Waals surface area contributed by atoms with Gasteiger partial charge in [-0.2, -0.15) is 0 Å². The van der Waals surface area contributed by atoms with E-state index in [-0.39, 0.29) is 0 Å². The number of para-hydroxylation sites is 1. The SMILES string of the molecule is [C-]#[N+]c1cccc(Nc2ncc3cccc(C)c3n2)c1. The van der Waals surface area contributed by atoms with E-state index in [9.17, 15) is 0 Å². The van der Waals surface area contributed by atoms with Crippen molar-refractivity contribution in [3.05, 3.63) is 65.6 Å². The summed E-state index contributed by atoms with van der Waals surface area (Å²) < 4.78 is 0. The van der Waals surface area contributed by atoms with Crippen LogP contribution in [-0.2, 0) is 0 Å². The molecular formula is C16H12N4. The van der Waals surface area contributed by atoms with E-state index in [0.717, 1.165) is 22.2 Å². The smallest absolute Gasteiger partial charge is 0.227 e. The summed E-state index contributed by atoms with van der Waals surface area (Å²) in [4.78, 5) is 12.2. The average Bonchev–Trinajstić information content (AvgIpc) is 2.48. The third-order valence-electron chi connectivity index (χ3n) is 3.04. The van der Waals surface area contributed by atoms with Gasteiger partial charge in [0.25, 0.3) is 0 Å². The van der Waals surface area contributed by atoms with Crippen molar-refractivity contribution in [1.29, 1.82) is 0 Å². The van der Waals surface area contributed by atoms with Gasteiger partial charge in [-0.05, 0) is 24.6 Å². The summed E-state index contributed by atoms with van der Waals surface area (Å²) in [5.74, 6) is 0.536. The van der Waals surface area contributed by atoms with E-state index in [1.165, 1.54) is 0 Å². The molecule has 3 aromatic rings. The Bertz CT molecular complexity index is 818. The number of aromatic nitrogens is 2. The molecule has 0 amide bonds. The van der Waals surface area contributed by atoms with Gasteiger partial charge in [0.05, 0.1) is 12.1 Å². The molecule has 0 aliphatic heterocycles. The van der Waals surface area contributed by atoms with Gasteiger partial charge in [0, 0.05) is 17.3 Å². The molecular weight excluding hydrogens is 248 g/mol. The highest BCUT2D eigenvalue weighted by atomic mass is 15.1. The van der Waals surface area contributed by atoms with Gasteiger partial charge in [0.15, 0.2) is 5.69 Å². The Morgan fingerprint density at radius 3 is 2.85 bits per heavy atom. The van der Waals surface area contributed by atoms with Crippen LogP contribution in [0.15, 0.2) is 48.7 Å². The van der Waals surface area contributed by atoms with E-state index in [0.29, 0.717) is 11.6 Å². The molecule has 0 radical (unpaired) electrons. The molecule has 0 aliphatic carbocycles. The Hall–Kier alpha value is -2.93. The molecule has 20 heavy (non-hydrogen) atoms. The molecule has 0 spiro atoms. The van der Waals surface area contributed by atoms with Crippen LogP contribution in [0.1, 0.15) is 5.56 Å². The minimum atomic E-state index is 0.536. The topological polar surface area (TPSA) is 42.2 Å². The van der Waals surface area contributed by atoms with Crippen LogP contribution in [-0.4, -0.2) is 9.97 Å². The minimum absolute atomic E-state index is 0.536. The fourth-order valence-electron chi connectivity index (χ4n) is 2.05. The van der Waals surface area contributed by atoms with Crippen LogP contribution in [0.5, 0.6) is 0 Å². The monoisotopic (exact) mass is 260 g/mol. The van der Waals surface area contributed by atoms with Crippen LogP contribution in [0.4, 0.5) is 17.3 Å². The molecule has 1 heterocycles. The lowest BCUT2D eigenvalue weighted by atomic mass is 10.1. The molecule has 0 aliphatic rings. The zero-order valence-electron chi connectivity index (χ0n) is 11.0. The van der Waals surface area contributed by atoms with Crippen LogP contribution in [0.3, 0.4) is 0 Å². The maximum absolute atomic E-state index is 7.02. The van der Waals surface area contributed by atoms with Crippen LogP contribution in [0.25, 0.3) is 15.7 Å². The first-order chi connectivity index (χ1) is 9.76. The minimum Gasteiger partial charge on any atom is -0.325 e. The number of fused-ring (bicyclic) bond motifs is 1. The first-order valence-corrected chi connectivity index (χ1v) is 6.23. The summed E-state index contributed by atoms with van der Waals surface area (Å²) in [6, 6.07) is 13.3. The lowest BCUT2D eigenvalue weighted by Crippen LogP contribution is -1.97. The van der Waals surface area contributed by atoms with Crippen molar-refractivity contribution in [2.24, 2.45) is 0 Å². The van der Waals surface area contributed by atoms with Crippen molar-refractivity contribution in [3.8, 4) is 0 Å². The average molecular weight is 260 g/mol.